The number of ether oxygens (including phenoxy) is 5. The number of amides is 1. The Bertz CT molecular complexity index is 859. The van der Waals surface area contributed by atoms with Crippen molar-refractivity contribution in [2.75, 3.05) is 6.61 Å². The topological polar surface area (TPSA) is 156 Å². The van der Waals surface area contributed by atoms with E-state index in [1.165, 1.54) is 31.5 Å². The summed E-state index contributed by atoms with van der Waals surface area (Å²) >= 11 is 0. The van der Waals surface area contributed by atoms with Crippen LogP contribution in [0.1, 0.15) is 38.1 Å². The van der Waals surface area contributed by atoms with Crippen molar-refractivity contribution in [2.24, 2.45) is 0 Å². The molecule has 2 rings (SSSR count). The molecule has 32 heavy (non-hydrogen) atoms. The van der Waals surface area contributed by atoms with Gasteiger partial charge in [0.05, 0.1) is 5.56 Å². The van der Waals surface area contributed by atoms with Crippen molar-refractivity contribution in [1.82, 2.24) is 10.3 Å². The van der Waals surface area contributed by atoms with Crippen molar-refractivity contribution < 1.29 is 47.7 Å². The van der Waals surface area contributed by atoms with Crippen LogP contribution in [0.15, 0.2) is 24.5 Å². The Labute approximate surface area is 183 Å². The van der Waals surface area contributed by atoms with Crippen LogP contribution in [0.4, 0.5) is 0 Å². The van der Waals surface area contributed by atoms with Gasteiger partial charge in [0.25, 0.3) is 0 Å². The average molecular weight is 452 g/mol. The molecule has 12 heteroatoms. The van der Waals surface area contributed by atoms with Crippen molar-refractivity contribution in [2.45, 2.75) is 58.3 Å². The lowest BCUT2D eigenvalue weighted by molar-refractivity contribution is -0.263. The number of esters is 4. The van der Waals surface area contributed by atoms with E-state index in [-0.39, 0.29) is 5.56 Å². The molecular weight excluding hydrogens is 428 g/mol. The zero-order chi connectivity index (χ0) is 23.8. The molecule has 1 aromatic rings. The fourth-order valence-electron chi connectivity index (χ4n) is 3.05. The van der Waals surface area contributed by atoms with Crippen molar-refractivity contribution in [3.8, 4) is 0 Å². The SMILES string of the molecule is CC(=O)N[C@@H]1[C@H](OC(=O)c2ccncc2)O[C@H](COC(C)=O)[C@H](OC(C)=O)[C@@H]1OC(C)=O. The third-order valence-corrected chi connectivity index (χ3v) is 4.21. The summed E-state index contributed by atoms with van der Waals surface area (Å²) in [7, 11) is 0. The highest BCUT2D eigenvalue weighted by molar-refractivity contribution is 5.89. The summed E-state index contributed by atoms with van der Waals surface area (Å²) in [6.45, 7) is 4.19. The average Bonchev–Trinajstić information content (AvgIpc) is 2.70. The highest BCUT2D eigenvalue weighted by Crippen LogP contribution is 2.28. The van der Waals surface area contributed by atoms with Crippen LogP contribution in [0.2, 0.25) is 0 Å². The van der Waals surface area contributed by atoms with Gasteiger partial charge in [0.1, 0.15) is 18.8 Å². The first-order valence-electron chi connectivity index (χ1n) is 9.59. The van der Waals surface area contributed by atoms with Gasteiger partial charge in [-0.25, -0.2) is 4.79 Å². The van der Waals surface area contributed by atoms with E-state index in [0.717, 1.165) is 20.8 Å². The first-order valence-corrected chi connectivity index (χ1v) is 9.59. The highest BCUT2D eigenvalue weighted by Gasteiger charge is 2.52. The van der Waals surface area contributed by atoms with E-state index in [0.29, 0.717) is 0 Å². The monoisotopic (exact) mass is 452 g/mol. The fourth-order valence-corrected chi connectivity index (χ4v) is 3.05. The van der Waals surface area contributed by atoms with Gasteiger partial charge in [0.2, 0.25) is 12.2 Å². The van der Waals surface area contributed by atoms with E-state index < -0.39 is 67.0 Å². The van der Waals surface area contributed by atoms with Gasteiger partial charge in [0, 0.05) is 40.1 Å². The molecule has 1 aliphatic heterocycles. The van der Waals surface area contributed by atoms with Crippen LogP contribution in [0.5, 0.6) is 0 Å². The summed E-state index contributed by atoms with van der Waals surface area (Å²) in [4.78, 5) is 63.0. The Balaban J connectivity index is 2.42. The number of pyridine rings is 1. The van der Waals surface area contributed by atoms with E-state index in [4.69, 9.17) is 23.7 Å². The summed E-state index contributed by atoms with van der Waals surface area (Å²) in [5, 5.41) is 2.50. The summed E-state index contributed by atoms with van der Waals surface area (Å²) in [6, 6.07) is 1.57. The van der Waals surface area contributed by atoms with Crippen LogP contribution in [0.25, 0.3) is 0 Å². The molecule has 174 valence electrons. The van der Waals surface area contributed by atoms with Crippen molar-refractivity contribution in [3.05, 3.63) is 30.1 Å². The van der Waals surface area contributed by atoms with E-state index in [1.807, 2.05) is 0 Å². The Kier molecular flexibility index (Phi) is 8.64. The highest BCUT2D eigenvalue weighted by atomic mass is 16.7. The van der Waals surface area contributed by atoms with Gasteiger partial charge in [-0.1, -0.05) is 0 Å². The summed E-state index contributed by atoms with van der Waals surface area (Å²) in [6.07, 6.45) is -2.48. The second-order valence-corrected chi connectivity index (χ2v) is 6.86. The van der Waals surface area contributed by atoms with E-state index in [1.54, 1.807) is 0 Å². The molecule has 0 bridgehead atoms. The molecule has 5 atom stereocenters. The smallest absolute Gasteiger partial charge is 0.340 e. The number of hydrogen-bond acceptors (Lipinski definition) is 11. The Morgan fingerprint density at radius 3 is 2.03 bits per heavy atom. The molecule has 1 amide bonds. The Hall–Kier alpha value is -3.54. The van der Waals surface area contributed by atoms with E-state index in [9.17, 15) is 24.0 Å². The quantitative estimate of drug-likeness (QED) is 0.435. The van der Waals surface area contributed by atoms with Gasteiger partial charge < -0.3 is 29.0 Å². The third-order valence-electron chi connectivity index (χ3n) is 4.21. The number of carbonyl (C=O) groups is 5. The zero-order valence-electron chi connectivity index (χ0n) is 17.9. The molecule has 0 spiro atoms. The molecule has 12 nitrogen and oxygen atoms in total. The number of carbonyl (C=O) groups excluding carboxylic acids is 5. The molecule has 2 heterocycles. The molecule has 0 radical (unpaired) electrons. The molecule has 1 aromatic heterocycles. The minimum Gasteiger partial charge on any atom is -0.463 e. The van der Waals surface area contributed by atoms with Gasteiger partial charge in [-0.2, -0.15) is 0 Å². The van der Waals surface area contributed by atoms with Gasteiger partial charge in [-0.3, -0.25) is 24.2 Å². The van der Waals surface area contributed by atoms with Gasteiger partial charge in [0.15, 0.2) is 12.2 Å². The standard InChI is InChI=1S/C20H24N2O10/c1-10(23)22-16-18(30-13(4)26)17(29-12(3)25)15(9-28-11(2)24)31-20(16)32-19(27)14-5-7-21-8-6-14/h5-8,15-18,20H,9H2,1-4H3,(H,22,23)/t15-,16+,17+,18-,20+/m1/s1. The van der Waals surface area contributed by atoms with Crippen molar-refractivity contribution in [1.29, 1.82) is 0 Å². The number of nitrogens with zero attached hydrogens (tertiary/aromatic N) is 1. The van der Waals surface area contributed by atoms with Crippen LogP contribution in [0, 0.1) is 0 Å². The predicted octanol–water partition coefficient (Wildman–Crippen LogP) is -0.105. The molecule has 0 aromatic carbocycles. The molecule has 1 aliphatic rings. The molecule has 1 fully saturated rings. The van der Waals surface area contributed by atoms with Gasteiger partial charge in [-0.05, 0) is 12.1 Å². The van der Waals surface area contributed by atoms with Crippen LogP contribution in [0.3, 0.4) is 0 Å². The van der Waals surface area contributed by atoms with Gasteiger partial charge >= 0.3 is 23.9 Å². The normalized spacial score (nSPS) is 24.6. The summed E-state index contributed by atoms with van der Waals surface area (Å²) in [5.74, 6) is -3.51. The number of aromatic nitrogens is 1. The maximum Gasteiger partial charge on any atom is 0.340 e. The predicted molar refractivity (Wildman–Crippen MR) is 104 cm³/mol. The maximum absolute atomic E-state index is 12.6. The number of nitrogens with one attached hydrogen (secondary N) is 1. The molecular formula is C20H24N2O10. The van der Waals surface area contributed by atoms with Crippen LogP contribution < -0.4 is 5.32 Å². The molecule has 0 unspecified atom stereocenters. The first-order chi connectivity index (χ1) is 15.1. The molecule has 0 saturated carbocycles. The molecule has 1 saturated heterocycles. The minimum atomic E-state index is -1.48. The van der Waals surface area contributed by atoms with Crippen LogP contribution >= 0.6 is 0 Å². The lowest BCUT2D eigenvalue weighted by Gasteiger charge is -2.44. The second kappa shape index (κ2) is 11.2. The number of rotatable bonds is 7. The maximum atomic E-state index is 12.6. The number of hydrogen-bond donors (Lipinski definition) is 1. The largest absolute Gasteiger partial charge is 0.463 e. The Morgan fingerprint density at radius 2 is 1.50 bits per heavy atom. The fraction of sp³-hybridized carbons (Fsp3) is 0.500. The van der Waals surface area contributed by atoms with Crippen molar-refractivity contribution >= 4 is 29.8 Å². The lowest BCUT2D eigenvalue weighted by atomic mass is 9.96. The van der Waals surface area contributed by atoms with Crippen LogP contribution in [-0.2, 0) is 42.9 Å². The van der Waals surface area contributed by atoms with Crippen molar-refractivity contribution in [3.63, 3.8) is 0 Å². The first kappa shape index (κ1) is 24.7. The van der Waals surface area contributed by atoms with E-state index in [2.05, 4.69) is 10.3 Å². The zero-order valence-corrected chi connectivity index (χ0v) is 17.9. The van der Waals surface area contributed by atoms with E-state index >= 15 is 0 Å². The third kappa shape index (κ3) is 7.01. The molecule has 1 N–H and O–H groups in total. The second-order valence-electron chi connectivity index (χ2n) is 6.86. The lowest BCUT2D eigenvalue weighted by Crippen LogP contribution is -2.66. The minimum absolute atomic E-state index is 0.146. The Morgan fingerprint density at radius 1 is 0.906 bits per heavy atom. The molecule has 0 aliphatic carbocycles. The van der Waals surface area contributed by atoms with Gasteiger partial charge in [-0.15, -0.1) is 0 Å². The summed E-state index contributed by atoms with van der Waals surface area (Å²) in [5.41, 5.74) is 0.146. The van der Waals surface area contributed by atoms with Crippen LogP contribution in [-0.4, -0.2) is 72.0 Å². The summed E-state index contributed by atoms with van der Waals surface area (Å²) < 4.78 is 26.7.